The largest absolute Gasteiger partial charge is 0.508 e. The van der Waals surface area contributed by atoms with E-state index in [2.05, 4.69) is 0 Å². The maximum Gasteiger partial charge on any atom is 0.295 e. The standard InChI is InChI=1S/C25H20ClNO4/c26-19-10-8-17(9-11-19)22-21(23(29)18-4-2-1-3-5-18)24(30)25(31)27(22)15-14-16-6-12-20(28)13-7-16/h1-13,22,28-29H,14-15H2/t22-/m0/s1. The van der Waals surface area contributed by atoms with E-state index in [9.17, 15) is 19.8 Å². The number of carbonyl (C=O) groups is 2. The quantitative estimate of drug-likeness (QED) is 0.347. The van der Waals surface area contributed by atoms with Gasteiger partial charge in [0, 0.05) is 17.1 Å². The Balaban J connectivity index is 1.75. The molecular formula is C25H20ClNO4. The summed E-state index contributed by atoms with van der Waals surface area (Å²) in [5, 5.41) is 21.0. The summed E-state index contributed by atoms with van der Waals surface area (Å²) in [5.41, 5.74) is 2.13. The van der Waals surface area contributed by atoms with Crippen LogP contribution in [0.4, 0.5) is 0 Å². The molecule has 0 unspecified atom stereocenters. The summed E-state index contributed by atoms with van der Waals surface area (Å²) in [6.07, 6.45) is 0.489. The fourth-order valence-electron chi connectivity index (χ4n) is 3.77. The Morgan fingerprint density at radius 3 is 2.19 bits per heavy atom. The summed E-state index contributed by atoms with van der Waals surface area (Å²) < 4.78 is 0. The number of amides is 1. The Bertz CT molecular complexity index is 1140. The minimum Gasteiger partial charge on any atom is -0.508 e. The van der Waals surface area contributed by atoms with Crippen LogP contribution in [-0.2, 0) is 16.0 Å². The van der Waals surface area contributed by atoms with Gasteiger partial charge >= 0.3 is 0 Å². The summed E-state index contributed by atoms with van der Waals surface area (Å²) in [6, 6.07) is 21.6. The van der Waals surface area contributed by atoms with E-state index in [4.69, 9.17) is 11.6 Å². The van der Waals surface area contributed by atoms with Gasteiger partial charge in [-0.2, -0.15) is 0 Å². The van der Waals surface area contributed by atoms with E-state index in [0.29, 0.717) is 22.6 Å². The van der Waals surface area contributed by atoms with Crippen LogP contribution in [0.3, 0.4) is 0 Å². The van der Waals surface area contributed by atoms with Gasteiger partial charge in [-0.1, -0.05) is 66.2 Å². The number of benzene rings is 3. The molecule has 5 nitrogen and oxygen atoms in total. The normalized spacial score (nSPS) is 17.8. The van der Waals surface area contributed by atoms with Gasteiger partial charge in [-0.3, -0.25) is 9.59 Å². The lowest BCUT2D eigenvalue weighted by molar-refractivity contribution is -0.139. The Hall–Kier alpha value is -3.57. The Kier molecular flexibility index (Phi) is 5.78. The van der Waals surface area contributed by atoms with Gasteiger partial charge in [0.1, 0.15) is 11.5 Å². The van der Waals surface area contributed by atoms with Crippen molar-refractivity contribution in [1.29, 1.82) is 0 Å². The van der Waals surface area contributed by atoms with Gasteiger partial charge in [-0.25, -0.2) is 0 Å². The molecular weight excluding hydrogens is 414 g/mol. The fourth-order valence-corrected chi connectivity index (χ4v) is 3.89. The van der Waals surface area contributed by atoms with Crippen LogP contribution in [0.1, 0.15) is 22.7 Å². The average Bonchev–Trinajstić information content (AvgIpc) is 3.04. The van der Waals surface area contributed by atoms with E-state index >= 15 is 0 Å². The molecule has 1 aliphatic rings. The van der Waals surface area contributed by atoms with Gasteiger partial charge in [0.25, 0.3) is 11.7 Å². The zero-order chi connectivity index (χ0) is 22.0. The van der Waals surface area contributed by atoms with E-state index in [0.717, 1.165) is 5.56 Å². The minimum absolute atomic E-state index is 0.0595. The van der Waals surface area contributed by atoms with Crippen molar-refractivity contribution in [2.24, 2.45) is 0 Å². The van der Waals surface area contributed by atoms with Crippen molar-refractivity contribution in [1.82, 2.24) is 4.90 Å². The smallest absolute Gasteiger partial charge is 0.295 e. The first kappa shape index (κ1) is 20.7. The highest BCUT2D eigenvalue weighted by Gasteiger charge is 2.45. The molecule has 1 amide bonds. The first-order valence-corrected chi connectivity index (χ1v) is 10.2. The molecule has 3 aromatic carbocycles. The second-order valence-electron chi connectivity index (χ2n) is 7.33. The van der Waals surface area contributed by atoms with Crippen molar-refractivity contribution >= 4 is 29.1 Å². The molecule has 1 heterocycles. The molecule has 4 rings (SSSR count). The molecule has 0 saturated carbocycles. The van der Waals surface area contributed by atoms with Crippen LogP contribution < -0.4 is 0 Å². The maximum atomic E-state index is 13.0. The van der Waals surface area contributed by atoms with E-state index in [1.165, 1.54) is 4.90 Å². The lowest BCUT2D eigenvalue weighted by atomic mass is 9.95. The number of hydrogen-bond acceptors (Lipinski definition) is 4. The number of ketones is 1. The van der Waals surface area contributed by atoms with Gasteiger partial charge in [0.05, 0.1) is 11.6 Å². The number of phenolic OH excluding ortho intramolecular Hbond substituents is 1. The number of likely N-dealkylation sites (tertiary alicyclic amines) is 1. The van der Waals surface area contributed by atoms with Crippen molar-refractivity contribution in [3.05, 3.63) is 106 Å². The number of aliphatic hydroxyl groups is 1. The zero-order valence-corrected chi connectivity index (χ0v) is 17.3. The molecule has 1 atom stereocenters. The van der Waals surface area contributed by atoms with Crippen LogP contribution >= 0.6 is 11.6 Å². The fraction of sp³-hybridized carbons (Fsp3) is 0.120. The van der Waals surface area contributed by atoms with Crippen LogP contribution in [0.2, 0.25) is 5.02 Å². The van der Waals surface area contributed by atoms with Crippen LogP contribution in [-0.4, -0.2) is 33.3 Å². The van der Waals surface area contributed by atoms with Crippen LogP contribution in [0.15, 0.2) is 84.4 Å². The molecule has 0 radical (unpaired) electrons. The molecule has 1 aliphatic heterocycles. The average molecular weight is 434 g/mol. The van der Waals surface area contributed by atoms with Gasteiger partial charge in [0.15, 0.2) is 0 Å². The van der Waals surface area contributed by atoms with Gasteiger partial charge < -0.3 is 15.1 Å². The first-order valence-electron chi connectivity index (χ1n) is 9.83. The van der Waals surface area contributed by atoms with Crippen molar-refractivity contribution < 1.29 is 19.8 Å². The van der Waals surface area contributed by atoms with Gasteiger partial charge in [0.2, 0.25) is 0 Å². The summed E-state index contributed by atoms with van der Waals surface area (Å²) in [4.78, 5) is 27.4. The van der Waals surface area contributed by atoms with E-state index in [-0.39, 0.29) is 23.6 Å². The molecule has 1 saturated heterocycles. The third kappa shape index (κ3) is 4.18. The number of nitrogens with zero attached hydrogens (tertiary/aromatic N) is 1. The first-order chi connectivity index (χ1) is 15.0. The van der Waals surface area contributed by atoms with Crippen molar-refractivity contribution in [2.75, 3.05) is 6.54 Å². The number of carbonyl (C=O) groups excluding carboxylic acids is 2. The predicted molar refractivity (Wildman–Crippen MR) is 119 cm³/mol. The van der Waals surface area contributed by atoms with Crippen LogP contribution in [0.5, 0.6) is 5.75 Å². The third-order valence-electron chi connectivity index (χ3n) is 5.35. The molecule has 0 aromatic heterocycles. The summed E-state index contributed by atoms with van der Waals surface area (Å²) in [6.45, 7) is 0.272. The topological polar surface area (TPSA) is 77.8 Å². The minimum atomic E-state index is -0.727. The van der Waals surface area contributed by atoms with E-state index in [1.807, 2.05) is 6.07 Å². The molecule has 2 N–H and O–H groups in total. The predicted octanol–water partition coefficient (Wildman–Crippen LogP) is 4.71. The van der Waals surface area contributed by atoms with Crippen LogP contribution in [0, 0.1) is 0 Å². The van der Waals surface area contributed by atoms with Crippen molar-refractivity contribution in [3.63, 3.8) is 0 Å². The number of aliphatic hydroxyl groups excluding tert-OH is 1. The van der Waals surface area contributed by atoms with Gasteiger partial charge in [-0.05, 0) is 41.8 Å². The van der Waals surface area contributed by atoms with E-state index in [1.54, 1.807) is 72.8 Å². The third-order valence-corrected chi connectivity index (χ3v) is 5.60. The number of hydrogen-bond donors (Lipinski definition) is 2. The van der Waals surface area contributed by atoms with Crippen molar-refractivity contribution in [2.45, 2.75) is 12.5 Å². The Morgan fingerprint density at radius 2 is 1.55 bits per heavy atom. The molecule has 3 aromatic rings. The highest BCUT2D eigenvalue weighted by atomic mass is 35.5. The molecule has 156 valence electrons. The molecule has 0 spiro atoms. The highest BCUT2D eigenvalue weighted by molar-refractivity contribution is 6.46. The zero-order valence-electron chi connectivity index (χ0n) is 16.5. The Labute approximate surface area is 184 Å². The summed E-state index contributed by atoms with van der Waals surface area (Å²) in [7, 11) is 0. The number of phenols is 1. The monoisotopic (exact) mass is 433 g/mol. The molecule has 1 fully saturated rings. The molecule has 0 bridgehead atoms. The second-order valence-corrected chi connectivity index (χ2v) is 7.76. The Morgan fingerprint density at radius 1 is 0.903 bits per heavy atom. The van der Waals surface area contributed by atoms with E-state index < -0.39 is 17.7 Å². The summed E-state index contributed by atoms with van der Waals surface area (Å²) in [5.74, 6) is -1.41. The molecule has 0 aliphatic carbocycles. The maximum absolute atomic E-state index is 13.0. The second kappa shape index (κ2) is 8.66. The molecule has 6 heteroatoms. The lowest BCUT2D eigenvalue weighted by Crippen LogP contribution is -2.31. The van der Waals surface area contributed by atoms with Gasteiger partial charge in [-0.15, -0.1) is 0 Å². The summed E-state index contributed by atoms with van der Waals surface area (Å²) >= 11 is 6.03. The number of halogens is 1. The van der Waals surface area contributed by atoms with Crippen molar-refractivity contribution in [3.8, 4) is 5.75 Å². The number of aromatic hydroxyl groups is 1. The SMILES string of the molecule is O=C1C(=O)N(CCc2ccc(O)cc2)[C@@H](c2ccc(Cl)cc2)C1=C(O)c1ccccc1. The number of rotatable bonds is 5. The highest BCUT2D eigenvalue weighted by Crippen LogP contribution is 2.39. The number of Topliss-reactive ketones (excluding diaryl/α,β-unsaturated/α-hetero) is 1. The molecule has 31 heavy (non-hydrogen) atoms. The van der Waals surface area contributed by atoms with Crippen LogP contribution in [0.25, 0.3) is 5.76 Å². The lowest BCUT2D eigenvalue weighted by Gasteiger charge is -2.25.